The van der Waals surface area contributed by atoms with Gasteiger partial charge in [0, 0.05) is 0 Å². The SMILES string of the molecule is CCCCCCCCCCCc1cc([O-])cc(Oc2ccc(S(=O)(=O)O)cc2)c1.[Na+]. The Labute approximate surface area is 202 Å². The van der Waals surface area contributed by atoms with E-state index in [1.807, 2.05) is 6.07 Å². The number of unbranched alkanes of at least 4 members (excludes halogenated alkanes) is 8. The Morgan fingerprint density at radius 1 is 0.833 bits per heavy atom. The smallest absolute Gasteiger partial charge is 0.872 e. The van der Waals surface area contributed by atoms with Gasteiger partial charge in [0.2, 0.25) is 0 Å². The number of hydrogen-bond acceptors (Lipinski definition) is 4. The van der Waals surface area contributed by atoms with Crippen LogP contribution in [0.3, 0.4) is 0 Å². The molecule has 0 saturated heterocycles. The predicted octanol–water partition coefficient (Wildman–Crippen LogP) is 2.88. The molecule has 5 nitrogen and oxygen atoms in total. The Morgan fingerprint density at radius 3 is 1.97 bits per heavy atom. The van der Waals surface area contributed by atoms with Crippen LogP contribution in [0.4, 0.5) is 0 Å². The molecule has 2 aromatic carbocycles. The number of aryl methyl sites for hydroxylation is 1. The van der Waals surface area contributed by atoms with Crippen molar-refractivity contribution in [3.05, 3.63) is 48.0 Å². The molecule has 2 rings (SSSR count). The molecule has 0 saturated carbocycles. The maximum Gasteiger partial charge on any atom is 1.00 e. The third-order valence-electron chi connectivity index (χ3n) is 4.87. The molecular formula is C23H31NaO5S. The van der Waals surface area contributed by atoms with E-state index in [2.05, 4.69) is 6.92 Å². The average molecular weight is 443 g/mol. The van der Waals surface area contributed by atoms with Crippen molar-refractivity contribution in [1.29, 1.82) is 0 Å². The molecule has 0 heterocycles. The summed E-state index contributed by atoms with van der Waals surface area (Å²) in [5.74, 6) is 0.725. The zero-order chi connectivity index (χ0) is 21.1. The van der Waals surface area contributed by atoms with E-state index in [1.54, 1.807) is 6.07 Å². The molecule has 0 aliphatic carbocycles. The van der Waals surface area contributed by atoms with E-state index in [1.165, 1.54) is 75.3 Å². The van der Waals surface area contributed by atoms with Gasteiger partial charge in [0.15, 0.2) is 0 Å². The van der Waals surface area contributed by atoms with Gasteiger partial charge in [-0.15, -0.1) is 5.75 Å². The molecule has 0 atom stereocenters. The quantitative estimate of drug-likeness (QED) is 0.293. The van der Waals surface area contributed by atoms with Crippen molar-refractivity contribution in [3.63, 3.8) is 0 Å². The van der Waals surface area contributed by atoms with Gasteiger partial charge in [0.25, 0.3) is 10.1 Å². The summed E-state index contributed by atoms with van der Waals surface area (Å²) in [5, 5.41) is 12.0. The van der Waals surface area contributed by atoms with Crippen LogP contribution in [0.5, 0.6) is 17.2 Å². The minimum absolute atomic E-state index is 0. The summed E-state index contributed by atoms with van der Waals surface area (Å²) in [7, 11) is -4.23. The van der Waals surface area contributed by atoms with Crippen LogP contribution in [-0.4, -0.2) is 13.0 Å². The maximum absolute atomic E-state index is 12.0. The molecule has 30 heavy (non-hydrogen) atoms. The van der Waals surface area contributed by atoms with E-state index >= 15 is 0 Å². The van der Waals surface area contributed by atoms with Crippen molar-refractivity contribution in [2.45, 2.75) is 76.0 Å². The molecule has 2 aromatic rings. The van der Waals surface area contributed by atoms with E-state index < -0.39 is 10.1 Å². The molecule has 0 aliphatic heterocycles. The van der Waals surface area contributed by atoms with E-state index in [0.717, 1.165) is 24.8 Å². The van der Waals surface area contributed by atoms with Gasteiger partial charge >= 0.3 is 29.6 Å². The third kappa shape index (κ3) is 10.3. The minimum atomic E-state index is -4.23. The minimum Gasteiger partial charge on any atom is -0.872 e. The second-order valence-corrected chi connectivity index (χ2v) is 8.86. The van der Waals surface area contributed by atoms with Gasteiger partial charge in [-0.3, -0.25) is 4.55 Å². The first-order valence-corrected chi connectivity index (χ1v) is 11.9. The molecular weight excluding hydrogens is 411 g/mol. The maximum atomic E-state index is 12.0. The zero-order valence-electron chi connectivity index (χ0n) is 18.1. The van der Waals surface area contributed by atoms with Crippen LogP contribution < -0.4 is 39.4 Å². The summed E-state index contributed by atoms with van der Waals surface area (Å²) in [5.41, 5.74) is 0.949. The monoisotopic (exact) mass is 442 g/mol. The van der Waals surface area contributed by atoms with Crippen molar-refractivity contribution < 1.29 is 52.4 Å². The average Bonchev–Trinajstić information content (AvgIpc) is 2.66. The third-order valence-corrected chi connectivity index (χ3v) is 5.73. The molecule has 0 unspecified atom stereocenters. The number of hydrogen-bond donors (Lipinski definition) is 1. The van der Waals surface area contributed by atoms with Crippen LogP contribution in [0.2, 0.25) is 0 Å². The Balaban J connectivity index is 0.00000450. The fourth-order valence-electron chi connectivity index (χ4n) is 3.29. The first-order chi connectivity index (χ1) is 13.9. The second kappa shape index (κ2) is 14.1. The van der Waals surface area contributed by atoms with Crippen molar-refractivity contribution in [2.75, 3.05) is 0 Å². The number of benzene rings is 2. The zero-order valence-corrected chi connectivity index (χ0v) is 20.9. The molecule has 0 amide bonds. The van der Waals surface area contributed by atoms with Gasteiger partial charge in [-0.25, -0.2) is 0 Å². The molecule has 7 heteroatoms. The van der Waals surface area contributed by atoms with Gasteiger partial charge in [-0.05, 0) is 54.8 Å². The van der Waals surface area contributed by atoms with Gasteiger partial charge in [0.05, 0.1) is 4.90 Å². The fourth-order valence-corrected chi connectivity index (χ4v) is 3.77. The second-order valence-electron chi connectivity index (χ2n) is 7.44. The summed E-state index contributed by atoms with van der Waals surface area (Å²) in [6.07, 6.45) is 12.1. The number of rotatable bonds is 13. The Hall–Kier alpha value is -1.05. The summed E-state index contributed by atoms with van der Waals surface area (Å²) in [4.78, 5) is -0.200. The van der Waals surface area contributed by atoms with Crippen molar-refractivity contribution in [3.8, 4) is 17.2 Å². The summed E-state index contributed by atoms with van der Waals surface area (Å²) in [6, 6.07) is 10.3. The van der Waals surface area contributed by atoms with E-state index in [9.17, 15) is 13.5 Å². The standard InChI is InChI=1S/C23H32O5S.Na/c1-2-3-4-5-6-7-8-9-10-11-19-16-20(24)18-22(17-19)28-21-12-14-23(15-13-21)29(25,26)27;/h12-18,24H,2-11H2,1H3,(H,25,26,27);/q;+1/p-1. The molecule has 0 radical (unpaired) electrons. The van der Waals surface area contributed by atoms with Crippen molar-refractivity contribution in [2.24, 2.45) is 0 Å². The van der Waals surface area contributed by atoms with Crippen LogP contribution in [-0.2, 0) is 16.5 Å². The van der Waals surface area contributed by atoms with E-state index in [-0.39, 0.29) is 40.2 Å². The van der Waals surface area contributed by atoms with Crippen molar-refractivity contribution >= 4 is 10.1 Å². The first kappa shape index (κ1) is 27.0. The van der Waals surface area contributed by atoms with Crippen LogP contribution in [0.1, 0.15) is 70.3 Å². The van der Waals surface area contributed by atoms with Crippen LogP contribution >= 0.6 is 0 Å². The van der Waals surface area contributed by atoms with Crippen LogP contribution in [0.15, 0.2) is 47.4 Å². The van der Waals surface area contributed by atoms with Crippen LogP contribution in [0.25, 0.3) is 0 Å². The summed E-state index contributed by atoms with van der Waals surface area (Å²) >= 11 is 0. The van der Waals surface area contributed by atoms with E-state index in [4.69, 9.17) is 9.29 Å². The van der Waals surface area contributed by atoms with Gasteiger partial charge in [0.1, 0.15) is 11.5 Å². The Bertz CT molecular complexity index is 850. The first-order valence-electron chi connectivity index (χ1n) is 10.4. The largest absolute Gasteiger partial charge is 1.00 e. The molecule has 0 bridgehead atoms. The topological polar surface area (TPSA) is 86.7 Å². The van der Waals surface area contributed by atoms with E-state index in [0.29, 0.717) is 11.5 Å². The summed E-state index contributed by atoms with van der Waals surface area (Å²) < 4.78 is 36.9. The van der Waals surface area contributed by atoms with Gasteiger partial charge in [-0.2, -0.15) is 8.42 Å². The molecule has 0 spiro atoms. The molecule has 0 aromatic heterocycles. The normalized spacial score (nSPS) is 11.1. The predicted molar refractivity (Wildman–Crippen MR) is 113 cm³/mol. The molecule has 0 fully saturated rings. The van der Waals surface area contributed by atoms with Crippen LogP contribution in [0, 0.1) is 0 Å². The summed E-state index contributed by atoms with van der Waals surface area (Å²) in [6.45, 7) is 2.23. The van der Waals surface area contributed by atoms with Gasteiger partial charge < -0.3 is 9.84 Å². The Kier molecular flexibility index (Phi) is 12.7. The Morgan fingerprint density at radius 2 is 1.40 bits per heavy atom. The molecule has 0 aliphatic rings. The fraction of sp³-hybridized carbons (Fsp3) is 0.478. The van der Waals surface area contributed by atoms with Crippen molar-refractivity contribution in [1.82, 2.24) is 0 Å². The molecule has 160 valence electrons. The molecule has 1 N–H and O–H groups in total. The number of ether oxygens (including phenoxy) is 1. The van der Waals surface area contributed by atoms with Gasteiger partial charge in [-0.1, -0.05) is 64.4 Å².